The summed E-state index contributed by atoms with van der Waals surface area (Å²) in [5, 5.41) is 0. The van der Waals surface area contributed by atoms with Crippen LogP contribution in [0.1, 0.15) is 0 Å². The van der Waals surface area contributed by atoms with Gasteiger partial charge in [-0.1, -0.05) is 18.2 Å². The highest BCUT2D eigenvalue weighted by Gasteiger charge is 2.22. The highest BCUT2D eigenvalue weighted by atomic mass is 16.5. The van der Waals surface area contributed by atoms with Gasteiger partial charge < -0.3 is 9.47 Å². The highest BCUT2D eigenvalue weighted by molar-refractivity contribution is 6.12. The third kappa shape index (κ3) is 3.93. The number of carbonyl (C=O) groups excluding carboxylic acids is 2. The summed E-state index contributed by atoms with van der Waals surface area (Å²) in [6.07, 6.45) is 2.53. The number of ether oxygens (including phenoxy) is 2. The zero-order valence-corrected chi connectivity index (χ0v) is 10.5. The Kier molecular flexibility index (Phi) is 4.69. The molecule has 0 N–H and O–H groups in total. The monoisotopic (exact) mass is 261 g/mol. The number of nitrogens with zero attached hydrogens (tertiary/aromatic N) is 1. The minimum atomic E-state index is -0.283. The van der Waals surface area contributed by atoms with Gasteiger partial charge in [-0.2, -0.15) is 0 Å². The topological polar surface area (TPSA) is 55.8 Å². The molecule has 2 amide bonds. The summed E-state index contributed by atoms with van der Waals surface area (Å²) in [4.78, 5) is 23.6. The van der Waals surface area contributed by atoms with Crippen LogP contribution < -0.4 is 4.74 Å². The van der Waals surface area contributed by atoms with Crippen molar-refractivity contribution in [1.29, 1.82) is 0 Å². The number of para-hydroxylation sites is 1. The molecular formula is C14H15NO4. The van der Waals surface area contributed by atoms with Gasteiger partial charge >= 0.3 is 0 Å². The Morgan fingerprint density at radius 2 is 1.58 bits per heavy atom. The molecular weight excluding hydrogens is 246 g/mol. The van der Waals surface area contributed by atoms with Gasteiger partial charge in [0.05, 0.1) is 19.8 Å². The molecule has 0 fully saturated rings. The largest absolute Gasteiger partial charge is 0.491 e. The molecule has 100 valence electrons. The Labute approximate surface area is 111 Å². The SMILES string of the molecule is O=C1C=CC(=O)N1CCOCCOc1ccccc1. The normalized spacial score (nSPS) is 14.2. The zero-order chi connectivity index (χ0) is 13.5. The van der Waals surface area contributed by atoms with Crippen LogP contribution in [-0.4, -0.2) is 43.1 Å². The fourth-order valence-electron chi connectivity index (χ4n) is 1.64. The van der Waals surface area contributed by atoms with E-state index in [1.54, 1.807) is 0 Å². The van der Waals surface area contributed by atoms with Gasteiger partial charge in [0.1, 0.15) is 12.4 Å². The molecule has 1 aromatic rings. The van der Waals surface area contributed by atoms with Gasteiger partial charge in [0, 0.05) is 12.2 Å². The first-order chi connectivity index (χ1) is 9.27. The summed E-state index contributed by atoms with van der Waals surface area (Å²) in [5.41, 5.74) is 0. The van der Waals surface area contributed by atoms with E-state index in [1.807, 2.05) is 30.3 Å². The number of benzene rings is 1. The summed E-state index contributed by atoms with van der Waals surface area (Å²) in [6.45, 7) is 1.44. The van der Waals surface area contributed by atoms with Crippen LogP contribution in [0, 0.1) is 0 Å². The maximum absolute atomic E-state index is 11.2. The summed E-state index contributed by atoms with van der Waals surface area (Å²) >= 11 is 0. The predicted octanol–water partition coefficient (Wildman–Crippen LogP) is 1.01. The lowest BCUT2D eigenvalue weighted by Gasteiger charge is -2.13. The lowest BCUT2D eigenvalue weighted by atomic mass is 10.3. The van der Waals surface area contributed by atoms with Crippen LogP contribution in [-0.2, 0) is 14.3 Å². The van der Waals surface area contributed by atoms with E-state index in [1.165, 1.54) is 12.2 Å². The standard InChI is InChI=1S/C14H15NO4/c16-13-6-7-14(17)15(13)8-9-18-10-11-19-12-4-2-1-3-5-12/h1-7H,8-11H2. The minimum absolute atomic E-state index is 0.274. The lowest BCUT2D eigenvalue weighted by molar-refractivity contribution is -0.137. The van der Waals surface area contributed by atoms with Gasteiger partial charge in [-0.15, -0.1) is 0 Å². The van der Waals surface area contributed by atoms with Crippen molar-refractivity contribution in [2.45, 2.75) is 0 Å². The van der Waals surface area contributed by atoms with E-state index in [2.05, 4.69) is 0 Å². The molecule has 0 bridgehead atoms. The van der Waals surface area contributed by atoms with Gasteiger partial charge in [-0.3, -0.25) is 14.5 Å². The number of amides is 2. The van der Waals surface area contributed by atoms with E-state index in [-0.39, 0.29) is 18.4 Å². The molecule has 5 nitrogen and oxygen atoms in total. The van der Waals surface area contributed by atoms with Crippen LogP contribution >= 0.6 is 0 Å². The maximum Gasteiger partial charge on any atom is 0.253 e. The lowest BCUT2D eigenvalue weighted by Crippen LogP contribution is -2.33. The summed E-state index contributed by atoms with van der Waals surface area (Å²) < 4.78 is 10.8. The summed E-state index contributed by atoms with van der Waals surface area (Å²) in [6, 6.07) is 9.45. The van der Waals surface area contributed by atoms with Crippen LogP contribution in [0.15, 0.2) is 42.5 Å². The van der Waals surface area contributed by atoms with Crippen LogP contribution in [0.3, 0.4) is 0 Å². The van der Waals surface area contributed by atoms with Crippen molar-refractivity contribution in [3.8, 4) is 5.75 Å². The van der Waals surface area contributed by atoms with Crippen molar-refractivity contribution in [3.05, 3.63) is 42.5 Å². The fourth-order valence-corrected chi connectivity index (χ4v) is 1.64. The van der Waals surface area contributed by atoms with Crippen LogP contribution in [0.4, 0.5) is 0 Å². The van der Waals surface area contributed by atoms with E-state index in [0.29, 0.717) is 19.8 Å². The number of rotatable bonds is 7. The molecule has 0 radical (unpaired) electrons. The Bertz CT molecular complexity index is 452. The van der Waals surface area contributed by atoms with Crippen LogP contribution in [0.2, 0.25) is 0 Å². The predicted molar refractivity (Wildman–Crippen MR) is 68.6 cm³/mol. The second-order valence-electron chi connectivity index (χ2n) is 3.94. The molecule has 1 aromatic carbocycles. The quantitative estimate of drug-likeness (QED) is 0.543. The molecule has 0 atom stereocenters. The maximum atomic E-state index is 11.2. The first kappa shape index (κ1) is 13.3. The molecule has 0 aliphatic carbocycles. The zero-order valence-electron chi connectivity index (χ0n) is 10.5. The second kappa shape index (κ2) is 6.70. The molecule has 0 aromatic heterocycles. The first-order valence-corrected chi connectivity index (χ1v) is 6.06. The third-order valence-electron chi connectivity index (χ3n) is 2.60. The average molecular weight is 261 g/mol. The molecule has 0 saturated heterocycles. The minimum Gasteiger partial charge on any atom is -0.491 e. The Morgan fingerprint density at radius 1 is 0.895 bits per heavy atom. The summed E-state index contributed by atoms with van der Waals surface area (Å²) in [5.74, 6) is 0.225. The van der Waals surface area contributed by atoms with Crippen molar-refractivity contribution in [2.75, 3.05) is 26.4 Å². The van der Waals surface area contributed by atoms with Crippen molar-refractivity contribution in [1.82, 2.24) is 4.90 Å². The van der Waals surface area contributed by atoms with Crippen LogP contribution in [0.25, 0.3) is 0 Å². The fraction of sp³-hybridized carbons (Fsp3) is 0.286. The molecule has 19 heavy (non-hydrogen) atoms. The molecule has 2 rings (SSSR count). The van der Waals surface area contributed by atoms with Crippen molar-refractivity contribution in [3.63, 3.8) is 0 Å². The average Bonchev–Trinajstić information content (AvgIpc) is 2.75. The van der Waals surface area contributed by atoms with E-state index >= 15 is 0 Å². The third-order valence-corrected chi connectivity index (χ3v) is 2.60. The van der Waals surface area contributed by atoms with Gasteiger partial charge in [-0.25, -0.2) is 0 Å². The van der Waals surface area contributed by atoms with Crippen molar-refractivity contribution >= 4 is 11.8 Å². The highest BCUT2D eigenvalue weighted by Crippen LogP contribution is 2.07. The van der Waals surface area contributed by atoms with E-state index in [0.717, 1.165) is 10.6 Å². The van der Waals surface area contributed by atoms with Gasteiger partial charge in [0.2, 0.25) is 0 Å². The molecule has 1 heterocycles. The molecule has 5 heteroatoms. The second-order valence-corrected chi connectivity index (χ2v) is 3.94. The van der Waals surface area contributed by atoms with Gasteiger partial charge in [0.15, 0.2) is 0 Å². The molecule has 1 aliphatic heterocycles. The number of carbonyl (C=O) groups is 2. The van der Waals surface area contributed by atoms with Crippen LogP contribution in [0.5, 0.6) is 5.75 Å². The van der Waals surface area contributed by atoms with Gasteiger partial charge in [0.25, 0.3) is 11.8 Å². The Hall–Kier alpha value is -2.14. The number of hydrogen-bond acceptors (Lipinski definition) is 4. The molecule has 1 aliphatic rings. The molecule has 0 saturated carbocycles. The number of hydrogen-bond donors (Lipinski definition) is 0. The summed E-state index contributed by atoms with van der Waals surface area (Å²) in [7, 11) is 0. The Balaban J connectivity index is 1.56. The van der Waals surface area contributed by atoms with Gasteiger partial charge in [-0.05, 0) is 12.1 Å². The van der Waals surface area contributed by atoms with E-state index in [4.69, 9.17) is 9.47 Å². The Morgan fingerprint density at radius 3 is 2.26 bits per heavy atom. The number of imide groups is 1. The molecule has 0 unspecified atom stereocenters. The van der Waals surface area contributed by atoms with E-state index < -0.39 is 0 Å². The van der Waals surface area contributed by atoms with Crippen molar-refractivity contribution in [2.24, 2.45) is 0 Å². The first-order valence-electron chi connectivity index (χ1n) is 6.06. The smallest absolute Gasteiger partial charge is 0.253 e. The van der Waals surface area contributed by atoms with E-state index in [9.17, 15) is 9.59 Å². The van der Waals surface area contributed by atoms with Crippen molar-refractivity contribution < 1.29 is 19.1 Å². The molecule has 0 spiro atoms.